The third kappa shape index (κ3) is 6.93. The number of nitrogens with one attached hydrogen (secondary N) is 1. The summed E-state index contributed by atoms with van der Waals surface area (Å²) in [6.45, 7) is 6.28. The molecule has 1 amide bonds. The number of hydrogen-bond donors (Lipinski definition) is 2. The number of anilines is 1. The van der Waals surface area contributed by atoms with Crippen LogP contribution in [0, 0.1) is 0 Å². The number of amides is 1. The topological polar surface area (TPSA) is 89.5 Å². The van der Waals surface area contributed by atoms with Crippen LogP contribution in [0.1, 0.15) is 48.3 Å². The second kappa shape index (κ2) is 13.0. The molecule has 2 N–H and O–H groups in total. The Balaban J connectivity index is 1.49. The van der Waals surface area contributed by atoms with Gasteiger partial charge >= 0.3 is 6.09 Å². The summed E-state index contributed by atoms with van der Waals surface area (Å²) >= 11 is 0. The van der Waals surface area contributed by atoms with Gasteiger partial charge in [-0.25, -0.2) is 4.79 Å². The molecule has 2 heterocycles. The van der Waals surface area contributed by atoms with Gasteiger partial charge in [0.2, 0.25) is 0 Å². The molecule has 0 radical (unpaired) electrons. The summed E-state index contributed by atoms with van der Waals surface area (Å²) in [4.78, 5) is 14.3. The second-order valence-electron chi connectivity index (χ2n) is 9.23. The molecule has 2 saturated heterocycles. The highest BCUT2D eigenvalue weighted by atomic mass is 16.7. The third-order valence-corrected chi connectivity index (χ3v) is 6.67. The van der Waals surface area contributed by atoms with E-state index in [1.165, 1.54) is 6.08 Å². The Morgan fingerprint density at radius 2 is 1.92 bits per heavy atom. The van der Waals surface area contributed by atoms with Gasteiger partial charge in [-0.05, 0) is 42.6 Å². The summed E-state index contributed by atoms with van der Waals surface area (Å²) in [5, 5.41) is 12.1. The molecule has 4 rings (SSSR count). The molecule has 0 saturated carbocycles. The number of aliphatic hydroxyl groups is 1. The lowest BCUT2D eigenvalue weighted by Gasteiger charge is -2.38. The minimum atomic E-state index is -0.545. The number of likely N-dealkylation sites (tertiary alicyclic amines) is 1. The fourth-order valence-electron chi connectivity index (χ4n) is 4.82. The molecule has 8 nitrogen and oxygen atoms in total. The highest BCUT2D eigenvalue weighted by Crippen LogP contribution is 2.39. The summed E-state index contributed by atoms with van der Waals surface area (Å²) in [5.74, 6) is 0. The number of methoxy groups -OCH3 is 1. The fraction of sp³-hybridized carbons (Fsp3) is 0.464. The molecule has 2 aromatic carbocycles. The maximum atomic E-state index is 11.8. The second-order valence-corrected chi connectivity index (χ2v) is 9.23. The Bertz CT molecular complexity index is 981. The van der Waals surface area contributed by atoms with Gasteiger partial charge in [-0.2, -0.15) is 0 Å². The number of hydrogen-bond acceptors (Lipinski definition) is 7. The predicted octanol–water partition coefficient (Wildman–Crippen LogP) is 4.57. The van der Waals surface area contributed by atoms with Crippen LogP contribution in [0.3, 0.4) is 0 Å². The normalized spacial score (nSPS) is 24.4. The first-order chi connectivity index (χ1) is 17.6. The number of aliphatic hydroxyl groups excluding tert-OH is 1. The van der Waals surface area contributed by atoms with Crippen molar-refractivity contribution in [1.82, 2.24) is 4.90 Å². The summed E-state index contributed by atoms with van der Waals surface area (Å²) in [6, 6.07) is 15.7. The van der Waals surface area contributed by atoms with E-state index in [1.807, 2.05) is 36.4 Å². The maximum Gasteiger partial charge on any atom is 0.411 e. The molecule has 0 unspecified atom stereocenters. The van der Waals surface area contributed by atoms with Crippen LogP contribution in [0.15, 0.2) is 61.2 Å². The molecule has 0 aliphatic carbocycles. The number of carbonyl (C=O) groups is 1. The molecule has 8 heteroatoms. The van der Waals surface area contributed by atoms with Gasteiger partial charge in [-0.1, -0.05) is 49.1 Å². The van der Waals surface area contributed by atoms with Gasteiger partial charge in [0.25, 0.3) is 0 Å². The van der Waals surface area contributed by atoms with E-state index < -0.39 is 12.4 Å². The molecule has 2 aromatic rings. The first kappa shape index (κ1) is 26.3. The Kier molecular flexibility index (Phi) is 9.49. The molecule has 0 aromatic heterocycles. The van der Waals surface area contributed by atoms with E-state index in [0.29, 0.717) is 11.7 Å². The monoisotopic (exact) mass is 496 g/mol. The van der Waals surface area contributed by atoms with Gasteiger partial charge in [-0.15, -0.1) is 0 Å². The van der Waals surface area contributed by atoms with Gasteiger partial charge in [0.05, 0.1) is 25.4 Å². The summed E-state index contributed by atoms with van der Waals surface area (Å²) < 4.78 is 23.3. The Morgan fingerprint density at radius 1 is 1.17 bits per heavy atom. The number of benzene rings is 2. The number of carbonyl (C=O) groups excluding carboxylic acids is 1. The Morgan fingerprint density at radius 3 is 2.61 bits per heavy atom. The smallest absolute Gasteiger partial charge is 0.411 e. The maximum absolute atomic E-state index is 11.8. The predicted molar refractivity (Wildman–Crippen MR) is 137 cm³/mol. The average molecular weight is 497 g/mol. The molecule has 0 bridgehead atoms. The van der Waals surface area contributed by atoms with Crippen molar-refractivity contribution in [1.29, 1.82) is 0 Å². The lowest BCUT2D eigenvalue weighted by atomic mass is 9.99. The molecular weight excluding hydrogens is 460 g/mol. The zero-order chi connectivity index (χ0) is 25.3. The van der Waals surface area contributed by atoms with Crippen LogP contribution in [-0.4, -0.2) is 61.7 Å². The zero-order valence-corrected chi connectivity index (χ0v) is 20.8. The summed E-state index contributed by atoms with van der Waals surface area (Å²) in [7, 11) is 1.75. The highest BCUT2D eigenvalue weighted by Gasteiger charge is 2.35. The van der Waals surface area contributed by atoms with E-state index in [9.17, 15) is 9.90 Å². The van der Waals surface area contributed by atoms with E-state index in [0.717, 1.165) is 55.6 Å². The molecule has 2 aliphatic heterocycles. The highest BCUT2D eigenvalue weighted by molar-refractivity contribution is 5.84. The Labute approximate surface area is 212 Å². The van der Waals surface area contributed by atoms with Crippen LogP contribution in [-0.2, 0) is 25.6 Å². The molecule has 2 aliphatic rings. The number of ether oxygens (including phenoxy) is 4. The SMILES string of the molecule is C=CCOC(=O)Nc1ccc([C@@H]2O[C@H](CN3CCC[C@H]3COC)C[C@H](c3ccc(CO)cc3)O2)cc1. The summed E-state index contributed by atoms with van der Waals surface area (Å²) in [5.41, 5.74) is 3.42. The molecule has 36 heavy (non-hydrogen) atoms. The van der Waals surface area contributed by atoms with Gasteiger partial charge in [-0.3, -0.25) is 10.2 Å². The standard InChI is InChI=1S/C28H36N2O6/c1-3-15-34-28(32)29-23-12-10-22(11-13-23)27-35-25(17-30-14-4-5-24(30)19-33-2)16-26(36-27)21-8-6-20(18-31)7-9-21/h3,6-13,24-27,31H,1,4-5,14-19H2,2H3,(H,29,32)/t24-,25-,26+,27+/m0/s1. The van der Waals surface area contributed by atoms with Gasteiger partial charge in [0.15, 0.2) is 6.29 Å². The van der Waals surface area contributed by atoms with Crippen LogP contribution in [0.25, 0.3) is 0 Å². The average Bonchev–Trinajstić information content (AvgIpc) is 3.34. The zero-order valence-electron chi connectivity index (χ0n) is 20.8. The van der Waals surface area contributed by atoms with Crippen molar-refractivity contribution in [3.63, 3.8) is 0 Å². The van der Waals surface area contributed by atoms with Crippen LogP contribution >= 0.6 is 0 Å². The van der Waals surface area contributed by atoms with E-state index in [2.05, 4.69) is 16.8 Å². The quantitative estimate of drug-likeness (QED) is 0.466. The minimum absolute atomic E-state index is 0.0114. The number of rotatable bonds is 10. The third-order valence-electron chi connectivity index (χ3n) is 6.67. The first-order valence-electron chi connectivity index (χ1n) is 12.5. The van der Waals surface area contributed by atoms with Gasteiger partial charge < -0.3 is 24.1 Å². The van der Waals surface area contributed by atoms with Crippen molar-refractivity contribution < 1.29 is 28.8 Å². The van der Waals surface area contributed by atoms with Gasteiger partial charge in [0.1, 0.15) is 6.61 Å². The van der Waals surface area contributed by atoms with E-state index in [-0.39, 0.29) is 25.4 Å². The summed E-state index contributed by atoms with van der Waals surface area (Å²) in [6.07, 6.45) is 3.32. The molecule has 4 atom stereocenters. The van der Waals surface area contributed by atoms with Gasteiger partial charge in [0, 0.05) is 37.4 Å². The van der Waals surface area contributed by atoms with Crippen LogP contribution in [0.4, 0.5) is 10.5 Å². The van der Waals surface area contributed by atoms with Crippen molar-refractivity contribution in [2.45, 2.75) is 50.4 Å². The molecule has 0 spiro atoms. The van der Waals surface area contributed by atoms with Crippen molar-refractivity contribution in [2.24, 2.45) is 0 Å². The molecular formula is C28H36N2O6. The fourth-order valence-corrected chi connectivity index (χ4v) is 4.82. The van der Waals surface area contributed by atoms with E-state index >= 15 is 0 Å². The van der Waals surface area contributed by atoms with Crippen molar-refractivity contribution in [2.75, 3.05) is 38.7 Å². The van der Waals surface area contributed by atoms with E-state index in [4.69, 9.17) is 18.9 Å². The lowest BCUT2D eigenvalue weighted by molar-refractivity contribution is -0.253. The molecule has 194 valence electrons. The van der Waals surface area contributed by atoms with Crippen LogP contribution in [0.2, 0.25) is 0 Å². The Hall–Kier alpha value is -2.75. The largest absolute Gasteiger partial charge is 0.445 e. The number of nitrogens with zero attached hydrogens (tertiary/aromatic N) is 1. The van der Waals surface area contributed by atoms with Crippen molar-refractivity contribution in [3.8, 4) is 0 Å². The van der Waals surface area contributed by atoms with Crippen molar-refractivity contribution in [3.05, 3.63) is 77.9 Å². The van der Waals surface area contributed by atoms with E-state index in [1.54, 1.807) is 19.2 Å². The van der Waals surface area contributed by atoms with Crippen molar-refractivity contribution >= 4 is 11.8 Å². The minimum Gasteiger partial charge on any atom is -0.445 e. The van der Waals surface area contributed by atoms with Crippen LogP contribution < -0.4 is 5.32 Å². The lowest BCUT2D eigenvalue weighted by Crippen LogP contribution is -2.42. The first-order valence-corrected chi connectivity index (χ1v) is 12.5. The van der Waals surface area contributed by atoms with Crippen LogP contribution in [0.5, 0.6) is 0 Å². The molecule has 2 fully saturated rings.